The van der Waals surface area contributed by atoms with Crippen LogP contribution in [-0.4, -0.2) is 34.4 Å². The molecule has 0 spiro atoms. The summed E-state index contributed by atoms with van der Waals surface area (Å²) in [6, 6.07) is 13.3. The fraction of sp³-hybridized carbons (Fsp3) is 0.316. The number of pyridine rings is 1. The molecule has 2 atom stereocenters. The highest BCUT2D eigenvalue weighted by molar-refractivity contribution is 6.03. The average molecular weight is 339 g/mol. The molecule has 2 N–H and O–H groups in total. The molecule has 1 aromatic heterocycles. The first-order valence-electron chi connectivity index (χ1n) is 8.37. The van der Waals surface area contributed by atoms with E-state index in [9.17, 15) is 4.79 Å². The molecule has 0 aliphatic carbocycles. The van der Waals surface area contributed by atoms with Gasteiger partial charge in [0, 0.05) is 31.0 Å². The first-order chi connectivity index (χ1) is 12.3. The lowest BCUT2D eigenvalue weighted by Gasteiger charge is -2.20. The van der Waals surface area contributed by atoms with Crippen LogP contribution >= 0.6 is 0 Å². The Bertz CT molecular complexity index is 719. The van der Waals surface area contributed by atoms with Gasteiger partial charge >= 0.3 is 0 Å². The second-order valence-electron chi connectivity index (χ2n) is 5.92. The van der Waals surface area contributed by atoms with Crippen molar-refractivity contribution in [2.24, 2.45) is 5.16 Å². The van der Waals surface area contributed by atoms with Gasteiger partial charge in [-0.15, -0.1) is 0 Å². The van der Waals surface area contributed by atoms with Gasteiger partial charge in [0.05, 0.1) is 11.8 Å². The van der Waals surface area contributed by atoms with E-state index in [4.69, 9.17) is 9.94 Å². The quantitative estimate of drug-likeness (QED) is 0.810. The normalized spacial score (nSPS) is 17.5. The third-order valence-electron chi connectivity index (χ3n) is 4.13. The Morgan fingerprint density at radius 2 is 2.12 bits per heavy atom. The first-order valence-corrected chi connectivity index (χ1v) is 8.37. The maximum atomic E-state index is 12.6. The number of amides is 1. The smallest absolute Gasteiger partial charge is 0.264 e. The number of hydrogen-bond acceptors (Lipinski definition) is 5. The molecule has 0 radical (unpaired) electrons. The van der Waals surface area contributed by atoms with Crippen molar-refractivity contribution in [1.82, 2.24) is 10.3 Å². The topological polar surface area (TPSA) is 83.8 Å². The number of oxime groups is 1. The molecule has 1 amide bonds. The zero-order valence-corrected chi connectivity index (χ0v) is 13.8. The van der Waals surface area contributed by atoms with Crippen LogP contribution in [0, 0.1) is 0 Å². The second kappa shape index (κ2) is 8.39. The van der Waals surface area contributed by atoms with Gasteiger partial charge in [-0.25, -0.2) is 0 Å². The molecule has 3 rings (SSSR count). The van der Waals surface area contributed by atoms with Crippen molar-refractivity contribution >= 4 is 11.6 Å². The lowest BCUT2D eigenvalue weighted by molar-refractivity contribution is -0.132. The molecule has 0 unspecified atom stereocenters. The van der Waals surface area contributed by atoms with Crippen LogP contribution in [0.4, 0.5) is 0 Å². The largest absolute Gasteiger partial charge is 0.396 e. The van der Waals surface area contributed by atoms with Crippen molar-refractivity contribution in [3.05, 3.63) is 66.0 Å². The van der Waals surface area contributed by atoms with Gasteiger partial charge in [0.25, 0.3) is 5.91 Å². The van der Waals surface area contributed by atoms with E-state index in [0.29, 0.717) is 19.3 Å². The SMILES string of the molecule is O=C(N[C@H](CCCO)c1ccccc1)[C@H]1CC(c2cccnc2)=NO1. The number of aliphatic hydroxyl groups is 1. The van der Waals surface area contributed by atoms with Crippen LogP contribution in [0.15, 0.2) is 60.0 Å². The van der Waals surface area contributed by atoms with E-state index >= 15 is 0 Å². The van der Waals surface area contributed by atoms with E-state index in [1.54, 1.807) is 12.4 Å². The molecule has 6 nitrogen and oxygen atoms in total. The summed E-state index contributed by atoms with van der Waals surface area (Å²) in [5.74, 6) is -0.200. The molecule has 6 heteroatoms. The van der Waals surface area contributed by atoms with Gasteiger partial charge in [0.2, 0.25) is 6.10 Å². The Balaban J connectivity index is 1.62. The molecule has 1 aliphatic rings. The molecule has 25 heavy (non-hydrogen) atoms. The Kier molecular flexibility index (Phi) is 5.74. The molecule has 130 valence electrons. The number of aliphatic hydroxyl groups excluding tert-OH is 1. The maximum Gasteiger partial charge on any atom is 0.264 e. The van der Waals surface area contributed by atoms with E-state index in [1.807, 2.05) is 42.5 Å². The highest BCUT2D eigenvalue weighted by Crippen LogP contribution is 2.21. The summed E-state index contributed by atoms with van der Waals surface area (Å²) < 4.78 is 0. The molecule has 0 bridgehead atoms. The minimum absolute atomic E-state index is 0.0907. The maximum absolute atomic E-state index is 12.6. The van der Waals surface area contributed by atoms with Gasteiger partial charge in [-0.2, -0.15) is 0 Å². The number of aromatic nitrogens is 1. The van der Waals surface area contributed by atoms with Crippen LogP contribution < -0.4 is 5.32 Å². The Labute approximate surface area is 146 Å². The van der Waals surface area contributed by atoms with Crippen LogP contribution in [0.25, 0.3) is 0 Å². The Morgan fingerprint density at radius 3 is 2.84 bits per heavy atom. The summed E-state index contributed by atoms with van der Waals surface area (Å²) in [6.45, 7) is 0.0907. The summed E-state index contributed by atoms with van der Waals surface area (Å²) in [5.41, 5.74) is 2.59. The molecule has 2 aromatic rings. The number of carbonyl (C=O) groups is 1. The van der Waals surface area contributed by atoms with Gasteiger partial charge in [0.15, 0.2) is 0 Å². The summed E-state index contributed by atoms with van der Waals surface area (Å²) in [7, 11) is 0. The van der Waals surface area contributed by atoms with Crippen molar-refractivity contribution in [3.8, 4) is 0 Å². The Hall–Kier alpha value is -2.73. The molecule has 1 aromatic carbocycles. The van der Waals surface area contributed by atoms with Crippen molar-refractivity contribution in [2.45, 2.75) is 31.4 Å². The zero-order chi connectivity index (χ0) is 17.5. The molecular formula is C19H21N3O3. The zero-order valence-electron chi connectivity index (χ0n) is 13.8. The minimum Gasteiger partial charge on any atom is -0.396 e. The molecule has 0 fully saturated rings. The van der Waals surface area contributed by atoms with Crippen LogP contribution in [0.2, 0.25) is 0 Å². The van der Waals surface area contributed by atoms with E-state index in [0.717, 1.165) is 16.8 Å². The highest BCUT2D eigenvalue weighted by atomic mass is 16.6. The third-order valence-corrected chi connectivity index (χ3v) is 4.13. The minimum atomic E-state index is -0.643. The van der Waals surface area contributed by atoms with Crippen LogP contribution in [0.1, 0.15) is 36.4 Å². The number of rotatable bonds is 7. The summed E-state index contributed by atoms with van der Waals surface area (Å²) in [4.78, 5) is 22.0. The first kappa shape index (κ1) is 17.1. The predicted molar refractivity (Wildman–Crippen MR) is 93.9 cm³/mol. The van der Waals surface area contributed by atoms with Crippen molar-refractivity contribution in [1.29, 1.82) is 0 Å². The highest BCUT2D eigenvalue weighted by Gasteiger charge is 2.30. The summed E-state index contributed by atoms with van der Waals surface area (Å²) >= 11 is 0. The number of benzene rings is 1. The summed E-state index contributed by atoms with van der Waals surface area (Å²) in [5, 5.41) is 16.2. The lowest BCUT2D eigenvalue weighted by atomic mass is 10.0. The van der Waals surface area contributed by atoms with Gasteiger partial charge < -0.3 is 15.3 Å². The fourth-order valence-electron chi connectivity index (χ4n) is 2.79. The fourth-order valence-corrected chi connectivity index (χ4v) is 2.79. The molecule has 0 saturated carbocycles. The standard InChI is InChI=1S/C19H21N3O3/c23-11-5-9-16(14-6-2-1-3-7-14)21-19(24)18-12-17(22-25-18)15-8-4-10-20-13-15/h1-4,6-8,10,13,16,18,23H,5,9,11-12H2,(H,21,24)/t16-,18-/m1/s1. The number of nitrogens with zero attached hydrogens (tertiary/aromatic N) is 2. The molecule has 1 aliphatic heterocycles. The third kappa shape index (κ3) is 4.42. The number of nitrogens with one attached hydrogen (secondary N) is 1. The van der Waals surface area contributed by atoms with Crippen molar-refractivity contribution < 1.29 is 14.7 Å². The van der Waals surface area contributed by atoms with Gasteiger partial charge in [-0.1, -0.05) is 35.5 Å². The van der Waals surface area contributed by atoms with Crippen LogP contribution in [0.5, 0.6) is 0 Å². The second-order valence-corrected chi connectivity index (χ2v) is 5.92. The van der Waals surface area contributed by atoms with Crippen LogP contribution in [0.3, 0.4) is 0 Å². The number of hydrogen-bond donors (Lipinski definition) is 2. The Morgan fingerprint density at radius 1 is 1.28 bits per heavy atom. The predicted octanol–water partition coefficient (Wildman–Crippen LogP) is 2.20. The lowest BCUT2D eigenvalue weighted by Crippen LogP contribution is -2.37. The van der Waals surface area contributed by atoms with Gasteiger partial charge in [-0.05, 0) is 30.5 Å². The molecule has 2 heterocycles. The van der Waals surface area contributed by atoms with E-state index < -0.39 is 6.10 Å². The van der Waals surface area contributed by atoms with E-state index in [1.165, 1.54) is 0 Å². The van der Waals surface area contributed by atoms with Crippen molar-refractivity contribution in [3.63, 3.8) is 0 Å². The van der Waals surface area contributed by atoms with Gasteiger partial charge in [0.1, 0.15) is 0 Å². The van der Waals surface area contributed by atoms with Crippen molar-refractivity contribution in [2.75, 3.05) is 6.61 Å². The molecular weight excluding hydrogens is 318 g/mol. The number of carbonyl (C=O) groups excluding carboxylic acids is 1. The average Bonchev–Trinajstić information content (AvgIpc) is 3.17. The van der Waals surface area contributed by atoms with E-state index in [-0.39, 0.29) is 18.6 Å². The molecule has 0 saturated heterocycles. The van der Waals surface area contributed by atoms with Gasteiger partial charge in [-0.3, -0.25) is 9.78 Å². The van der Waals surface area contributed by atoms with Crippen LogP contribution in [-0.2, 0) is 9.63 Å². The van der Waals surface area contributed by atoms with E-state index in [2.05, 4.69) is 15.5 Å². The summed E-state index contributed by atoms with van der Waals surface area (Å²) in [6.07, 6.45) is 4.44. The monoisotopic (exact) mass is 339 g/mol.